The van der Waals surface area contributed by atoms with E-state index in [0.717, 1.165) is 22.3 Å². The zero-order valence-electron chi connectivity index (χ0n) is 18.0. The maximum absolute atomic E-state index is 12.9. The first-order valence-electron chi connectivity index (χ1n) is 10.6. The zero-order chi connectivity index (χ0) is 22.8. The maximum Gasteiger partial charge on any atom is 0.407 e. The molecule has 8 heteroatoms. The van der Waals surface area contributed by atoms with E-state index in [9.17, 15) is 19.5 Å². The minimum Gasteiger partial charge on any atom is -0.480 e. The lowest BCUT2D eigenvalue weighted by atomic mass is 9.98. The van der Waals surface area contributed by atoms with Crippen LogP contribution in [0, 0.1) is 0 Å². The third-order valence-corrected chi connectivity index (χ3v) is 6.31. The van der Waals surface area contributed by atoms with E-state index in [1.165, 1.54) is 12.0 Å². The molecule has 4 rings (SSSR count). The second-order valence-corrected chi connectivity index (χ2v) is 8.06. The summed E-state index contributed by atoms with van der Waals surface area (Å²) in [6.07, 6.45) is -1.01. The fraction of sp³-hybridized carbons (Fsp3) is 0.375. The first-order chi connectivity index (χ1) is 15.4. The van der Waals surface area contributed by atoms with Gasteiger partial charge in [0, 0.05) is 19.6 Å². The Morgan fingerprint density at radius 1 is 1.09 bits per heavy atom. The Kier molecular flexibility index (Phi) is 6.14. The molecule has 1 saturated heterocycles. The molecular formula is C24H26N2O6. The van der Waals surface area contributed by atoms with Gasteiger partial charge < -0.3 is 24.8 Å². The molecule has 2 aromatic rings. The molecule has 0 aromatic heterocycles. The van der Waals surface area contributed by atoms with Gasteiger partial charge in [0.1, 0.15) is 18.7 Å². The normalized spacial score (nSPS) is 18.7. The molecule has 8 nitrogen and oxygen atoms in total. The molecule has 0 saturated carbocycles. The van der Waals surface area contributed by atoms with Crippen LogP contribution in [0.5, 0.6) is 0 Å². The first-order valence-corrected chi connectivity index (χ1v) is 10.6. The van der Waals surface area contributed by atoms with Gasteiger partial charge in [0.2, 0.25) is 5.91 Å². The van der Waals surface area contributed by atoms with Crippen LogP contribution in [0.2, 0.25) is 0 Å². The van der Waals surface area contributed by atoms with Crippen LogP contribution >= 0.6 is 0 Å². The number of fused-ring (bicyclic) bond motifs is 3. The molecule has 2 amide bonds. The van der Waals surface area contributed by atoms with Gasteiger partial charge in [-0.05, 0) is 35.6 Å². The van der Waals surface area contributed by atoms with E-state index < -0.39 is 36.2 Å². The molecule has 0 spiro atoms. The van der Waals surface area contributed by atoms with Crippen molar-refractivity contribution in [2.75, 3.05) is 20.3 Å². The molecular weight excluding hydrogens is 412 g/mol. The monoisotopic (exact) mass is 438 g/mol. The van der Waals surface area contributed by atoms with E-state index in [4.69, 9.17) is 9.47 Å². The van der Waals surface area contributed by atoms with Gasteiger partial charge in [-0.25, -0.2) is 9.59 Å². The molecule has 2 aromatic carbocycles. The summed E-state index contributed by atoms with van der Waals surface area (Å²) >= 11 is 0. The number of benzene rings is 2. The average molecular weight is 438 g/mol. The lowest BCUT2D eigenvalue weighted by molar-refractivity contribution is -0.159. The van der Waals surface area contributed by atoms with Crippen LogP contribution in [-0.4, -0.2) is 66.4 Å². The van der Waals surface area contributed by atoms with E-state index >= 15 is 0 Å². The molecule has 2 aliphatic rings. The second-order valence-electron chi connectivity index (χ2n) is 8.06. The Bertz CT molecular complexity index is 993. The fourth-order valence-corrected chi connectivity index (χ4v) is 4.37. The molecule has 0 bridgehead atoms. The number of amides is 2. The highest BCUT2D eigenvalue weighted by Crippen LogP contribution is 2.44. The number of aliphatic carboxylic acids is 1. The standard InChI is InChI=1S/C24H26N2O6/c1-14(31-2)21(22(27)26-12-11-20(26)23(28)29)25-24(30)32-13-19-17-9-5-3-7-15(17)16-8-4-6-10-18(16)19/h3-10,14,19-21H,11-13H2,1-2H3,(H,25,30)(H,28,29)/t14-,20?,21+/m1/s1. The van der Waals surface area contributed by atoms with Crippen molar-refractivity contribution in [2.24, 2.45) is 0 Å². The molecule has 1 heterocycles. The van der Waals surface area contributed by atoms with Gasteiger partial charge in [-0.15, -0.1) is 0 Å². The number of hydrogen-bond acceptors (Lipinski definition) is 5. The van der Waals surface area contributed by atoms with E-state index in [2.05, 4.69) is 17.4 Å². The van der Waals surface area contributed by atoms with Crippen LogP contribution in [-0.2, 0) is 19.1 Å². The van der Waals surface area contributed by atoms with Crippen molar-refractivity contribution in [3.8, 4) is 11.1 Å². The number of hydrogen-bond donors (Lipinski definition) is 2. The number of carbonyl (C=O) groups excluding carboxylic acids is 2. The number of nitrogens with one attached hydrogen (secondary N) is 1. The van der Waals surface area contributed by atoms with Crippen LogP contribution in [0.4, 0.5) is 4.79 Å². The van der Waals surface area contributed by atoms with Crippen molar-refractivity contribution in [1.82, 2.24) is 10.2 Å². The van der Waals surface area contributed by atoms with Crippen molar-refractivity contribution in [2.45, 2.75) is 37.5 Å². The first kappa shape index (κ1) is 21.8. The summed E-state index contributed by atoms with van der Waals surface area (Å²) in [7, 11) is 1.43. The molecule has 3 atom stereocenters. The number of carbonyl (C=O) groups is 3. The van der Waals surface area contributed by atoms with Crippen LogP contribution in [0.25, 0.3) is 11.1 Å². The van der Waals surface area contributed by atoms with Gasteiger partial charge in [-0.3, -0.25) is 4.79 Å². The largest absolute Gasteiger partial charge is 0.480 e. The zero-order valence-corrected chi connectivity index (χ0v) is 18.0. The topological polar surface area (TPSA) is 105 Å². The van der Waals surface area contributed by atoms with Gasteiger partial charge in [-0.1, -0.05) is 48.5 Å². The molecule has 32 heavy (non-hydrogen) atoms. The summed E-state index contributed by atoms with van der Waals surface area (Å²) in [6, 6.07) is 14.1. The van der Waals surface area contributed by atoms with E-state index in [0.29, 0.717) is 13.0 Å². The van der Waals surface area contributed by atoms with E-state index in [1.54, 1.807) is 6.92 Å². The maximum atomic E-state index is 12.9. The van der Waals surface area contributed by atoms with Crippen LogP contribution in [0.3, 0.4) is 0 Å². The Hall–Kier alpha value is -3.39. The highest BCUT2D eigenvalue weighted by Gasteiger charge is 2.42. The van der Waals surface area contributed by atoms with Gasteiger partial charge in [0.05, 0.1) is 6.10 Å². The van der Waals surface area contributed by atoms with Gasteiger partial charge in [-0.2, -0.15) is 0 Å². The summed E-state index contributed by atoms with van der Waals surface area (Å²) in [6.45, 7) is 2.08. The Morgan fingerprint density at radius 3 is 2.19 bits per heavy atom. The SMILES string of the molecule is CO[C@H](C)[C@H](NC(=O)OCC1c2ccccc2-c2ccccc21)C(=O)N1CCC1C(=O)O. The number of alkyl carbamates (subject to hydrolysis) is 1. The van der Waals surface area contributed by atoms with E-state index in [-0.39, 0.29) is 12.5 Å². The average Bonchev–Trinajstić information content (AvgIpc) is 3.08. The van der Waals surface area contributed by atoms with Crippen molar-refractivity contribution >= 4 is 18.0 Å². The minimum absolute atomic E-state index is 0.103. The predicted octanol–water partition coefficient (Wildman–Crippen LogP) is 2.61. The van der Waals surface area contributed by atoms with Crippen molar-refractivity contribution in [1.29, 1.82) is 0 Å². The van der Waals surface area contributed by atoms with Crippen LogP contribution < -0.4 is 5.32 Å². The third kappa shape index (κ3) is 3.93. The quantitative estimate of drug-likeness (QED) is 0.689. The second kappa shape index (κ2) is 9.00. The number of ether oxygens (including phenoxy) is 2. The summed E-state index contributed by atoms with van der Waals surface area (Å²) in [5.74, 6) is -1.66. The Morgan fingerprint density at radius 2 is 1.69 bits per heavy atom. The van der Waals surface area contributed by atoms with Crippen molar-refractivity contribution in [3.05, 3.63) is 59.7 Å². The molecule has 1 aliphatic heterocycles. The van der Waals surface area contributed by atoms with Crippen molar-refractivity contribution < 1.29 is 29.0 Å². The molecule has 1 unspecified atom stereocenters. The summed E-state index contributed by atoms with van der Waals surface area (Å²) in [5.41, 5.74) is 4.42. The number of likely N-dealkylation sites (tertiary alicyclic amines) is 1. The molecule has 1 fully saturated rings. The number of rotatable bonds is 7. The predicted molar refractivity (Wildman–Crippen MR) is 116 cm³/mol. The Balaban J connectivity index is 1.44. The smallest absolute Gasteiger partial charge is 0.407 e. The fourth-order valence-electron chi connectivity index (χ4n) is 4.37. The number of carboxylic acid groups (broad SMARTS) is 1. The van der Waals surface area contributed by atoms with Gasteiger partial charge in [0.15, 0.2) is 0 Å². The number of nitrogens with zero attached hydrogens (tertiary/aromatic N) is 1. The lowest BCUT2D eigenvalue weighted by Crippen LogP contribution is -2.62. The molecule has 2 N–H and O–H groups in total. The molecule has 0 radical (unpaired) electrons. The Labute approximate surface area is 186 Å². The van der Waals surface area contributed by atoms with Gasteiger partial charge in [0.25, 0.3) is 0 Å². The number of carboxylic acids is 1. The van der Waals surface area contributed by atoms with Crippen LogP contribution in [0.15, 0.2) is 48.5 Å². The number of methoxy groups -OCH3 is 1. The summed E-state index contributed by atoms with van der Waals surface area (Å²) in [5, 5.41) is 11.8. The molecule has 168 valence electrons. The molecule has 1 aliphatic carbocycles. The highest BCUT2D eigenvalue weighted by molar-refractivity contribution is 5.91. The minimum atomic E-state index is -1.06. The van der Waals surface area contributed by atoms with Crippen LogP contribution in [0.1, 0.15) is 30.4 Å². The third-order valence-electron chi connectivity index (χ3n) is 6.31. The highest BCUT2D eigenvalue weighted by atomic mass is 16.5. The van der Waals surface area contributed by atoms with Crippen molar-refractivity contribution in [3.63, 3.8) is 0 Å². The summed E-state index contributed by atoms with van der Waals surface area (Å²) < 4.78 is 10.8. The van der Waals surface area contributed by atoms with Gasteiger partial charge >= 0.3 is 12.1 Å². The lowest BCUT2D eigenvalue weighted by Gasteiger charge is -2.40. The van der Waals surface area contributed by atoms with E-state index in [1.807, 2.05) is 36.4 Å². The summed E-state index contributed by atoms with van der Waals surface area (Å²) in [4.78, 5) is 38.0.